The lowest BCUT2D eigenvalue weighted by Crippen LogP contribution is -2.33. The van der Waals surface area contributed by atoms with E-state index in [1.807, 2.05) is 13.0 Å². The van der Waals surface area contributed by atoms with Crippen molar-refractivity contribution >= 4 is 17.3 Å². The highest BCUT2D eigenvalue weighted by Crippen LogP contribution is 2.26. The molecule has 1 amide bonds. The first-order valence-corrected chi connectivity index (χ1v) is 7.06. The number of nitrogens with zero attached hydrogens (tertiary/aromatic N) is 1. The van der Waals surface area contributed by atoms with Crippen molar-refractivity contribution in [3.05, 3.63) is 23.8 Å². The van der Waals surface area contributed by atoms with Crippen LogP contribution < -0.4 is 16.0 Å². The minimum Gasteiger partial charge on any atom is -0.397 e. The van der Waals surface area contributed by atoms with Crippen molar-refractivity contribution in [1.82, 2.24) is 5.32 Å². The van der Waals surface area contributed by atoms with Gasteiger partial charge in [0, 0.05) is 31.3 Å². The third-order valence-electron chi connectivity index (χ3n) is 3.12. The van der Waals surface area contributed by atoms with Crippen LogP contribution in [0.25, 0.3) is 0 Å². The summed E-state index contributed by atoms with van der Waals surface area (Å²) in [6.45, 7) is 7.52. The Balaban J connectivity index is 2.97. The SMILES string of the molecule is CCNC(=O)c1ccc(N(CCCO)C(C)C)c(N)c1. The molecule has 0 radical (unpaired) electrons. The maximum Gasteiger partial charge on any atom is 0.251 e. The minimum atomic E-state index is -0.114. The first kappa shape index (κ1) is 16.3. The van der Waals surface area contributed by atoms with E-state index in [2.05, 4.69) is 24.1 Å². The molecule has 0 aromatic heterocycles. The summed E-state index contributed by atoms with van der Waals surface area (Å²) in [4.78, 5) is 13.9. The monoisotopic (exact) mass is 279 g/mol. The lowest BCUT2D eigenvalue weighted by Gasteiger charge is -2.30. The van der Waals surface area contributed by atoms with Crippen molar-refractivity contribution in [1.29, 1.82) is 0 Å². The summed E-state index contributed by atoms with van der Waals surface area (Å²) in [5, 5.41) is 11.7. The minimum absolute atomic E-state index is 0.114. The third-order valence-corrected chi connectivity index (χ3v) is 3.12. The van der Waals surface area contributed by atoms with Crippen molar-refractivity contribution in [3.63, 3.8) is 0 Å². The van der Waals surface area contributed by atoms with E-state index in [9.17, 15) is 4.79 Å². The van der Waals surface area contributed by atoms with E-state index in [0.29, 0.717) is 24.2 Å². The van der Waals surface area contributed by atoms with Gasteiger partial charge >= 0.3 is 0 Å². The highest BCUT2D eigenvalue weighted by molar-refractivity contribution is 5.96. The van der Waals surface area contributed by atoms with E-state index >= 15 is 0 Å². The van der Waals surface area contributed by atoms with Gasteiger partial charge in [-0.25, -0.2) is 0 Å². The van der Waals surface area contributed by atoms with Gasteiger partial charge in [0.05, 0.1) is 11.4 Å². The van der Waals surface area contributed by atoms with Gasteiger partial charge in [-0.2, -0.15) is 0 Å². The average molecular weight is 279 g/mol. The summed E-state index contributed by atoms with van der Waals surface area (Å²) < 4.78 is 0. The molecule has 0 aliphatic heterocycles. The molecule has 1 aromatic rings. The molecule has 5 nitrogen and oxygen atoms in total. The van der Waals surface area contributed by atoms with Crippen LogP contribution in [0, 0.1) is 0 Å². The second kappa shape index (κ2) is 7.75. The normalized spacial score (nSPS) is 10.7. The quantitative estimate of drug-likeness (QED) is 0.663. The summed E-state index contributed by atoms with van der Waals surface area (Å²) in [7, 11) is 0. The van der Waals surface area contributed by atoms with Gasteiger partial charge in [-0.1, -0.05) is 0 Å². The number of anilines is 2. The number of carbonyl (C=O) groups is 1. The number of nitrogen functional groups attached to an aromatic ring is 1. The van der Waals surface area contributed by atoms with E-state index in [4.69, 9.17) is 10.8 Å². The summed E-state index contributed by atoms with van der Waals surface area (Å²) in [5.74, 6) is -0.114. The third kappa shape index (κ3) is 4.13. The Kier molecular flexibility index (Phi) is 6.31. The first-order valence-electron chi connectivity index (χ1n) is 7.06. The van der Waals surface area contributed by atoms with Crippen LogP contribution in [0.1, 0.15) is 37.6 Å². The van der Waals surface area contributed by atoms with Gasteiger partial charge in [-0.15, -0.1) is 0 Å². The fourth-order valence-corrected chi connectivity index (χ4v) is 2.12. The lowest BCUT2D eigenvalue weighted by molar-refractivity contribution is 0.0956. The number of benzene rings is 1. The molecule has 4 N–H and O–H groups in total. The second-order valence-electron chi connectivity index (χ2n) is 5.00. The van der Waals surface area contributed by atoms with Crippen LogP contribution in [0.2, 0.25) is 0 Å². The van der Waals surface area contributed by atoms with Crippen LogP contribution in [0.5, 0.6) is 0 Å². The summed E-state index contributed by atoms with van der Waals surface area (Å²) in [6, 6.07) is 5.64. The molecule has 0 saturated heterocycles. The van der Waals surface area contributed by atoms with Crippen LogP contribution in [0.15, 0.2) is 18.2 Å². The van der Waals surface area contributed by atoms with Gasteiger partial charge in [-0.05, 0) is 45.4 Å². The van der Waals surface area contributed by atoms with Crippen LogP contribution in [-0.4, -0.2) is 36.8 Å². The Hall–Kier alpha value is -1.75. The Bertz CT molecular complexity index is 447. The number of nitrogens with two attached hydrogens (primary N) is 1. The maximum atomic E-state index is 11.8. The number of carbonyl (C=O) groups excluding carboxylic acids is 1. The first-order chi connectivity index (χ1) is 9.51. The number of hydrogen-bond acceptors (Lipinski definition) is 4. The molecule has 0 unspecified atom stereocenters. The van der Waals surface area contributed by atoms with Crippen molar-refractivity contribution in [2.75, 3.05) is 30.3 Å². The fourth-order valence-electron chi connectivity index (χ4n) is 2.12. The molecule has 0 fully saturated rings. The number of aliphatic hydroxyl groups is 1. The number of hydrogen-bond donors (Lipinski definition) is 3. The summed E-state index contributed by atoms with van der Waals surface area (Å²) in [6.07, 6.45) is 0.690. The zero-order valence-electron chi connectivity index (χ0n) is 12.5. The molecule has 0 heterocycles. The van der Waals surface area contributed by atoms with Crippen LogP contribution in [-0.2, 0) is 0 Å². The van der Waals surface area contributed by atoms with Gasteiger partial charge < -0.3 is 21.1 Å². The smallest absolute Gasteiger partial charge is 0.251 e. The Labute approximate surface area is 120 Å². The highest BCUT2D eigenvalue weighted by atomic mass is 16.3. The predicted molar refractivity (Wildman–Crippen MR) is 83.0 cm³/mol. The van der Waals surface area contributed by atoms with Crippen molar-refractivity contribution in [2.24, 2.45) is 0 Å². The van der Waals surface area contributed by atoms with Crippen molar-refractivity contribution < 1.29 is 9.90 Å². The molecule has 0 aliphatic rings. The van der Waals surface area contributed by atoms with E-state index in [0.717, 1.165) is 12.2 Å². The number of amides is 1. The van der Waals surface area contributed by atoms with Crippen molar-refractivity contribution in [2.45, 2.75) is 33.2 Å². The second-order valence-corrected chi connectivity index (χ2v) is 5.00. The summed E-state index contributed by atoms with van der Waals surface area (Å²) >= 11 is 0. The predicted octanol–water partition coefficient (Wildman–Crippen LogP) is 1.62. The Morgan fingerprint density at radius 3 is 2.65 bits per heavy atom. The standard InChI is InChI=1S/C15H25N3O2/c1-4-17-15(20)12-6-7-14(13(16)10-12)18(11(2)3)8-5-9-19/h6-7,10-11,19H,4-5,8-9,16H2,1-3H3,(H,17,20). The molecule has 0 saturated carbocycles. The molecular weight excluding hydrogens is 254 g/mol. The van der Waals surface area contributed by atoms with E-state index in [1.165, 1.54) is 0 Å². The number of nitrogens with one attached hydrogen (secondary N) is 1. The fraction of sp³-hybridized carbons (Fsp3) is 0.533. The van der Waals surface area contributed by atoms with Gasteiger partial charge in [0.2, 0.25) is 0 Å². The molecule has 1 aromatic carbocycles. The molecule has 20 heavy (non-hydrogen) atoms. The van der Waals surface area contributed by atoms with E-state index in [-0.39, 0.29) is 18.6 Å². The molecule has 1 rings (SSSR count). The average Bonchev–Trinajstić information content (AvgIpc) is 2.40. The van der Waals surface area contributed by atoms with Gasteiger partial charge in [0.25, 0.3) is 5.91 Å². The lowest BCUT2D eigenvalue weighted by atomic mass is 10.1. The van der Waals surface area contributed by atoms with E-state index < -0.39 is 0 Å². The van der Waals surface area contributed by atoms with E-state index in [1.54, 1.807) is 12.1 Å². The topological polar surface area (TPSA) is 78.6 Å². The van der Waals surface area contributed by atoms with Crippen LogP contribution >= 0.6 is 0 Å². The molecule has 0 atom stereocenters. The number of rotatable bonds is 7. The zero-order chi connectivity index (χ0) is 15.1. The Morgan fingerprint density at radius 1 is 1.45 bits per heavy atom. The molecule has 0 spiro atoms. The highest BCUT2D eigenvalue weighted by Gasteiger charge is 2.15. The van der Waals surface area contributed by atoms with Crippen LogP contribution in [0.3, 0.4) is 0 Å². The van der Waals surface area contributed by atoms with Gasteiger partial charge in [0.1, 0.15) is 0 Å². The Morgan fingerprint density at radius 2 is 2.15 bits per heavy atom. The maximum absolute atomic E-state index is 11.8. The number of aliphatic hydroxyl groups excluding tert-OH is 1. The summed E-state index contributed by atoms with van der Waals surface area (Å²) in [5.41, 5.74) is 8.14. The molecular formula is C15H25N3O2. The zero-order valence-corrected chi connectivity index (χ0v) is 12.5. The largest absolute Gasteiger partial charge is 0.397 e. The van der Waals surface area contributed by atoms with Crippen LogP contribution in [0.4, 0.5) is 11.4 Å². The molecule has 0 aliphatic carbocycles. The van der Waals surface area contributed by atoms with Crippen molar-refractivity contribution in [3.8, 4) is 0 Å². The van der Waals surface area contributed by atoms with Gasteiger partial charge in [-0.3, -0.25) is 4.79 Å². The van der Waals surface area contributed by atoms with Gasteiger partial charge in [0.15, 0.2) is 0 Å². The molecule has 5 heteroatoms. The molecule has 0 bridgehead atoms. The molecule has 112 valence electrons.